The first-order valence-electron chi connectivity index (χ1n) is 7.41. The minimum atomic E-state index is 0.178. The van der Waals surface area contributed by atoms with Crippen molar-refractivity contribution in [2.75, 3.05) is 5.32 Å². The van der Waals surface area contributed by atoms with E-state index in [2.05, 4.69) is 45.9 Å². The van der Waals surface area contributed by atoms with Crippen LogP contribution in [0.2, 0.25) is 0 Å². The molecule has 1 N–H and O–H groups in total. The molecule has 0 bridgehead atoms. The van der Waals surface area contributed by atoms with Crippen molar-refractivity contribution in [2.45, 2.75) is 39.7 Å². The van der Waals surface area contributed by atoms with Crippen molar-refractivity contribution >= 4 is 11.5 Å². The van der Waals surface area contributed by atoms with Gasteiger partial charge < -0.3 is 9.73 Å². The van der Waals surface area contributed by atoms with Gasteiger partial charge in [-0.3, -0.25) is 0 Å². The minimum absolute atomic E-state index is 0.178. The van der Waals surface area contributed by atoms with Crippen molar-refractivity contribution in [3.8, 4) is 0 Å². The predicted octanol–water partition coefficient (Wildman–Crippen LogP) is 2.55. The summed E-state index contributed by atoms with van der Waals surface area (Å²) in [5.74, 6) is 2.79. The molecule has 0 saturated carbocycles. The maximum atomic E-state index is 5.87. The highest BCUT2D eigenvalue weighted by Crippen LogP contribution is 2.43. The molecule has 3 aromatic rings. The summed E-state index contributed by atoms with van der Waals surface area (Å²) in [6.07, 6.45) is 1.99. The van der Waals surface area contributed by atoms with Crippen molar-refractivity contribution in [3.05, 3.63) is 35.3 Å². The largest absolute Gasteiger partial charge is 0.466 e. The molecule has 0 saturated heterocycles. The summed E-state index contributed by atoms with van der Waals surface area (Å²) in [5.41, 5.74) is 2.05. The average molecular weight is 298 g/mol. The second kappa shape index (κ2) is 4.53. The van der Waals surface area contributed by atoms with Gasteiger partial charge in [-0.1, -0.05) is 13.8 Å². The van der Waals surface area contributed by atoms with Crippen LogP contribution < -0.4 is 5.32 Å². The normalized spacial score (nSPS) is 20.0. The van der Waals surface area contributed by atoms with E-state index in [0.717, 1.165) is 30.2 Å². The van der Waals surface area contributed by atoms with Crippen molar-refractivity contribution < 1.29 is 4.42 Å². The highest BCUT2D eigenvalue weighted by Gasteiger charge is 2.35. The molecule has 0 fully saturated rings. The maximum Gasteiger partial charge on any atom is 0.200 e. The Morgan fingerprint density at radius 2 is 2.23 bits per heavy atom. The van der Waals surface area contributed by atoms with Crippen LogP contribution in [-0.4, -0.2) is 25.3 Å². The molecule has 0 amide bonds. The Morgan fingerprint density at radius 3 is 3.09 bits per heavy atom. The van der Waals surface area contributed by atoms with E-state index in [0.29, 0.717) is 5.65 Å². The van der Waals surface area contributed by atoms with Crippen LogP contribution in [0, 0.1) is 12.3 Å². The number of rotatable bonds is 2. The SMILES string of the molecule is Cc1cc2c(o1)CC(C)(C)C[C@H]2Nc1ccc2nnnn2n1. The second-order valence-electron chi connectivity index (χ2n) is 6.72. The molecule has 7 nitrogen and oxygen atoms in total. The quantitative estimate of drug-likeness (QED) is 0.783. The first kappa shape index (κ1) is 13.2. The third-order valence-corrected chi connectivity index (χ3v) is 4.13. The molecule has 22 heavy (non-hydrogen) atoms. The smallest absolute Gasteiger partial charge is 0.200 e. The van der Waals surface area contributed by atoms with Crippen LogP contribution in [0.1, 0.15) is 43.4 Å². The minimum Gasteiger partial charge on any atom is -0.466 e. The van der Waals surface area contributed by atoms with E-state index in [4.69, 9.17) is 4.42 Å². The van der Waals surface area contributed by atoms with Crippen molar-refractivity contribution in [3.63, 3.8) is 0 Å². The van der Waals surface area contributed by atoms with Gasteiger partial charge in [0.1, 0.15) is 17.3 Å². The fourth-order valence-corrected chi connectivity index (χ4v) is 3.22. The molecule has 3 aromatic heterocycles. The lowest BCUT2D eigenvalue weighted by Crippen LogP contribution is -2.28. The van der Waals surface area contributed by atoms with Gasteiger partial charge in [0.05, 0.1) is 6.04 Å². The van der Waals surface area contributed by atoms with Crippen LogP contribution in [0.25, 0.3) is 5.65 Å². The zero-order valence-electron chi connectivity index (χ0n) is 12.9. The summed E-state index contributed by atoms with van der Waals surface area (Å²) >= 11 is 0. The van der Waals surface area contributed by atoms with E-state index in [1.165, 1.54) is 10.2 Å². The number of hydrogen-bond acceptors (Lipinski definition) is 6. The van der Waals surface area contributed by atoms with Crippen molar-refractivity contribution in [2.24, 2.45) is 5.41 Å². The number of anilines is 1. The van der Waals surface area contributed by atoms with Gasteiger partial charge >= 0.3 is 0 Å². The molecule has 0 aliphatic heterocycles. The van der Waals surface area contributed by atoms with Gasteiger partial charge in [-0.25, -0.2) is 0 Å². The van der Waals surface area contributed by atoms with Crippen LogP contribution in [0.15, 0.2) is 22.6 Å². The number of aryl methyl sites for hydroxylation is 1. The van der Waals surface area contributed by atoms with Crippen LogP contribution >= 0.6 is 0 Å². The first-order valence-corrected chi connectivity index (χ1v) is 7.41. The fourth-order valence-electron chi connectivity index (χ4n) is 3.22. The molecule has 1 atom stereocenters. The Kier molecular flexibility index (Phi) is 2.72. The lowest BCUT2D eigenvalue weighted by Gasteiger charge is -2.34. The highest BCUT2D eigenvalue weighted by atomic mass is 16.3. The van der Waals surface area contributed by atoms with Gasteiger partial charge in [0.25, 0.3) is 0 Å². The Bertz CT molecular complexity index is 834. The summed E-state index contributed by atoms with van der Waals surface area (Å²) in [6.45, 7) is 6.52. The lowest BCUT2D eigenvalue weighted by molar-refractivity contribution is 0.261. The molecule has 7 heteroatoms. The Hall–Kier alpha value is -2.44. The fraction of sp³-hybridized carbons (Fsp3) is 0.467. The van der Waals surface area contributed by atoms with Gasteiger partial charge in [-0.2, -0.15) is 0 Å². The molecule has 0 radical (unpaired) electrons. The van der Waals surface area contributed by atoms with Crippen LogP contribution in [-0.2, 0) is 6.42 Å². The molecule has 0 aromatic carbocycles. The van der Waals surface area contributed by atoms with Crippen LogP contribution in [0.4, 0.5) is 5.82 Å². The standard InChI is InChI=1S/C15H18N6O/c1-9-6-10-11(7-15(2,3)8-12(10)22-9)16-13-4-5-14-17-19-20-21(14)18-13/h4-6,11H,7-8H2,1-3H3,(H,16,18)/t11-/m1/s1. The number of furan rings is 1. The molecular formula is C15H18N6O. The van der Waals surface area contributed by atoms with Gasteiger partial charge in [0, 0.05) is 12.0 Å². The summed E-state index contributed by atoms with van der Waals surface area (Å²) in [7, 11) is 0. The Morgan fingerprint density at radius 1 is 1.36 bits per heavy atom. The van der Waals surface area contributed by atoms with E-state index in [9.17, 15) is 0 Å². The zero-order valence-corrected chi connectivity index (χ0v) is 12.9. The second-order valence-corrected chi connectivity index (χ2v) is 6.72. The molecule has 0 spiro atoms. The van der Waals surface area contributed by atoms with E-state index in [1.54, 1.807) is 0 Å². The van der Waals surface area contributed by atoms with E-state index in [-0.39, 0.29) is 11.5 Å². The lowest BCUT2D eigenvalue weighted by atomic mass is 9.75. The molecular weight excluding hydrogens is 280 g/mol. The molecule has 3 heterocycles. The van der Waals surface area contributed by atoms with E-state index in [1.807, 2.05) is 19.1 Å². The maximum absolute atomic E-state index is 5.87. The van der Waals surface area contributed by atoms with E-state index < -0.39 is 0 Å². The first-order chi connectivity index (χ1) is 10.5. The number of nitrogens with zero attached hydrogens (tertiary/aromatic N) is 5. The summed E-state index contributed by atoms with van der Waals surface area (Å²) in [6, 6.07) is 6.06. The van der Waals surface area contributed by atoms with Crippen molar-refractivity contribution in [1.29, 1.82) is 0 Å². The number of aromatic nitrogens is 5. The summed E-state index contributed by atoms with van der Waals surface area (Å²) in [4.78, 5) is 0. The zero-order chi connectivity index (χ0) is 15.3. The monoisotopic (exact) mass is 298 g/mol. The Balaban J connectivity index is 1.69. The van der Waals surface area contributed by atoms with Crippen molar-refractivity contribution in [1.82, 2.24) is 25.3 Å². The highest BCUT2D eigenvalue weighted by molar-refractivity contribution is 5.45. The number of nitrogens with one attached hydrogen (secondary N) is 1. The van der Waals surface area contributed by atoms with Gasteiger partial charge in [0.15, 0.2) is 5.65 Å². The molecule has 0 unspecified atom stereocenters. The number of fused-ring (bicyclic) bond motifs is 2. The summed E-state index contributed by atoms with van der Waals surface area (Å²) in [5, 5.41) is 19.2. The predicted molar refractivity (Wildman–Crippen MR) is 80.5 cm³/mol. The van der Waals surface area contributed by atoms with E-state index >= 15 is 0 Å². The number of hydrogen-bond donors (Lipinski definition) is 1. The third kappa shape index (κ3) is 2.22. The summed E-state index contributed by atoms with van der Waals surface area (Å²) < 4.78 is 7.30. The van der Waals surface area contributed by atoms with Gasteiger partial charge in [-0.05, 0) is 47.4 Å². The molecule has 114 valence electrons. The van der Waals surface area contributed by atoms with Crippen LogP contribution in [0.3, 0.4) is 0 Å². The van der Waals surface area contributed by atoms with Crippen LogP contribution in [0.5, 0.6) is 0 Å². The third-order valence-electron chi connectivity index (χ3n) is 4.13. The Labute approximate surface area is 127 Å². The topological polar surface area (TPSA) is 81.1 Å². The molecule has 1 aliphatic carbocycles. The number of tetrazole rings is 1. The molecule has 1 aliphatic rings. The van der Waals surface area contributed by atoms with Gasteiger partial charge in [0.2, 0.25) is 0 Å². The van der Waals surface area contributed by atoms with Gasteiger partial charge in [-0.15, -0.1) is 14.8 Å². The average Bonchev–Trinajstić information content (AvgIpc) is 3.02. The molecule has 4 rings (SSSR count).